The highest BCUT2D eigenvalue weighted by atomic mass is 16.5. The number of allylic oxidation sites excluding steroid dienone is 4. The topological polar surface area (TPSA) is 139 Å². The quantitative estimate of drug-likeness (QED) is 0.232. The van der Waals surface area contributed by atoms with E-state index in [0.29, 0.717) is 17.8 Å². The van der Waals surface area contributed by atoms with Gasteiger partial charge in [0.1, 0.15) is 34.0 Å². The highest BCUT2D eigenvalue weighted by molar-refractivity contribution is 6.31. The van der Waals surface area contributed by atoms with Gasteiger partial charge in [-0.15, -0.1) is 0 Å². The third-order valence-corrected chi connectivity index (χ3v) is 6.89. The first-order valence-electron chi connectivity index (χ1n) is 11.6. The van der Waals surface area contributed by atoms with Crippen molar-refractivity contribution in [3.05, 3.63) is 69.6 Å². The van der Waals surface area contributed by atoms with E-state index in [4.69, 9.17) is 4.74 Å². The van der Waals surface area contributed by atoms with Crippen LogP contribution >= 0.6 is 0 Å². The highest BCUT2D eigenvalue weighted by Gasteiger charge is 2.56. The van der Waals surface area contributed by atoms with Gasteiger partial charge in [0.15, 0.2) is 17.3 Å². The van der Waals surface area contributed by atoms with Crippen molar-refractivity contribution < 1.29 is 38.9 Å². The number of methoxy groups -OCH3 is 1. The van der Waals surface area contributed by atoms with Crippen LogP contribution in [-0.2, 0) is 31.0 Å². The van der Waals surface area contributed by atoms with E-state index in [1.165, 1.54) is 34.0 Å². The molecular formula is C28H27NO8. The second kappa shape index (κ2) is 9.24. The summed E-state index contributed by atoms with van der Waals surface area (Å²) in [6, 6.07) is 7.18. The number of fused-ring (bicyclic) bond motifs is 3. The first kappa shape index (κ1) is 25.7. The smallest absolute Gasteiger partial charge is 0.305 e. The van der Waals surface area contributed by atoms with Crippen molar-refractivity contribution >= 4 is 29.0 Å². The van der Waals surface area contributed by atoms with Crippen molar-refractivity contribution in [3.8, 4) is 17.2 Å². The number of Topliss-reactive ketones (excluding diaryl/α,β-unsaturated/α-hetero) is 2. The van der Waals surface area contributed by atoms with Crippen LogP contribution in [0, 0.1) is 6.92 Å². The molecule has 0 fully saturated rings. The lowest BCUT2D eigenvalue weighted by atomic mass is 9.70. The van der Waals surface area contributed by atoms with Crippen LogP contribution in [0.15, 0.2) is 47.4 Å². The third kappa shape index (κ3) is 4.06. The van der Waals surface area contributed by atoms with Crippen molar-refractivity contribution in [2.45, 2.75) is 46.0 Å². The predicted octanol–water partition coefficient (Wildman–Crippen LogP) is 3.79. The van der Waals surface area contributed by atoms with Crippen molar-refractivity contribution in [3.63, 3.8) is 0 Å². The Morgan fingerprint density at radius 3 is 2.32 bits per heavy atom. The Hall–Kier alpha value is -4.40. The second-order valence-corrected chi connectivity index (χ2v) is 9.28. The van der Waals surface area contributed by atoms with Gasteiger partial charge >= 0.3 is 5.97 Å². The summed E-state index contributed by atoms with van der Waals surface area (Å²) < 4.78 is 10.4. The van der Waals surface area contributed by atoms with Crippen molar-refractivity contribution in [2.75, 3.05) is 12.4 Å². The van der Waals surface area contributed by atoms with Gasteiger partial charge in [-0.1, -0.05) is 12.1 Å². The molecule has 2 aromatic carbocycles. The van der Waals surface area contributed by atoms with Crippen LogP contribution in [0.1, 0.15) is 54.2 Å². The largest absolute Gasteiger partial charge is 0.507 e. The summed E-state index contributed by atoms with van der Waals surface area (Å²) >= 11 is 0. The number of hydrogen-bond acceptors (Lipinski definition) is 9. The first-order chi connectivity index (χ1) is 17.4. The number of nitrogens with one attached hydrogen (secondary N) is 1. The zero-order valence-corrected chi connectivity index (χ0v) is 21.1. The molecule has 0 radical (unpaired) electrons. The Bertz CT molecular complexity index is 1430. The number of aromatic hydroxyl groups is 2. The number of rotatable bonds is 6. The molecule has 0 saturated carbocycles. The number of aryl methyl sites for hydroxylation is 1. The molecule has 1 atom stereocenters. The SMILES string of the molecule is COC(=O)CCc1ccc(N/C(C)=C2\C(=O)C=C3Oc4c(C(C)=O)c(O)c(C)c(O)c4[C@@]3(C)C2=O)cc1. The molecule has 4 rings (SSSR count). The van der Waals surface area contributed by atoms with Crippen LogP contribution in [-0.4, -0.2) is 40.6 Å². The average molecular weight is 506 g/mol. The van der Waals surface area contributed by atoms with Gasteiger partial charge < -0.3 is 25.0 Å². The van der Waals surface area contributed by atoms with Crippen LogP contribution < -0.4 is 10.1 Å². The van der Waals surface area contributed by atoms with E-state index >= 15 is 0 Å². The molecule has 9 heteroatoms. The number of phenols is 2. The van der Waals surface area contributed by atoms with E-state index in [9.17, 15) is 29.4 Å². The molecule has 3 N–H and O–H groups in total. The minimum atomic E-state index is -1.58. The van der Waals surface area contributed by atoms with Gasteiger partial charge in [-0.25, -0.2) is 0 Å². The fourth-order valence-electron chi connectivity index (χ4n) is 4.74. The Morgan fingerprint density at radius 2 is 1.73 bits per heavy atom. The number of anilines is 1. The van der Waals surface area contributed by atoms with Gasteiger partial charge in [-0.05, 0) is 51.8 Å². The predicted molar refractivity (Wildman–Crippen MR) is 134 cm³/mol. The average Bonchev–Trinajstić information content (AvgIpc) is 3.14. The van der Waals surface area contributed by atoms with E-state index < -0.39 is 28.5 Å². The van der Waals surface area contributed by atoms with Gasteiger partial charge in [-0.3, -0.25) is 19.2 Å². The number of esters is 1. The lowest BCUT2D eigenvalue weighted by molar-refractivity contribution is -0.140. The van der Waals surface area contributed by atoms with E-state index in [0.717, 1.165) is 5.56 Å². The molecule has 1 aliphatic heterocycles. The molecular weight excluding hydrogens is 478 g/mol. The lowest BCUT2D eigenvalue weighted by Gasteiger charge is -2.29. The summed E-state index contributed by atoms with van der Waals surface area (Å²) in [6.45, 7) is 5.78. The zero-order chi connectivity index (χ0) is 27.2. The number of hydrogen-bond donors (Lipinski definition) is 3. The van der Waals surface area contributed by atoms with E-state index in [1.54, 1.807) is 19.1 Å². The molecule has 0 spiro atoms. The van der Waals surface area contributed by atoms with Gasteiger partial charge in [0.2, 0.25) is 0 Å². The fraction of sp³-hybridized carbons (Fsp3) is 0.286. The van der Waals surface area contributed by atoms with Crippen LogP contribution in [0.4, 0.5) is 5.69 Å². The molecule has 0 saturated heterocycles. The van der Waals surface area contributed by atoms with E-state index in [-0.39, 0.29) is 51.9 Å². The normalized spacial score (nSPS) is 19.4. The highest BCUT2D eigenvalue weighted by Crippen LogP contribution is 2.57. The third-order valence-electron chi connectivity index (χ3n) is 6.89. The molecule has 9 nitrogen and oxygen atoms in total. The molecule has 0 bridgehead atoms. The van der Waals surface area contributed by atoms with Crippen molar-refractivity contribution in [1.82, 2.24) is 0 Å². The van der Waals surface area contributed by atoms with E-state index in [1.807, 2.05) is 12.1 Å². The minimum absolute atomic E-state index is 0.0215. The van der Waals surface area contributed by atoms with Crippen LogP contribution in [0.2, 0.25) is 0 Å². The number of carbonyl (C=O) groups excluding carboxylic acids is 4. The Kier molecular flexibility index (Phi) is 6.41. The van der Waals surface area contributed by atoms with Gasteiger partial charge in [-0.2, -0.15) is 0 Å². The molecule has 2 aromatic rings. The maximum atomic E-state index is 13.9. The van der Waals surface area contributed by atoms with Gasteiger partial charge in [0, 0.05) is 29.4 Å². The molecule has 2 aliphatic rings. The van der Waals surface area contributed by atoms with Crippen molar-refractivity contribution in [2.24, 2.45) is 0 Å². The maximum Gasteiger partial charge on any atom is 0.305 e. The summed E-state index contributed by atoms with van der Waals surface area (Å²) in [5, 5.41) is 24.4. The molecule has 37 heavy (non-hydrogen) atoms. The van der Waals surface area contributed by atoms with Crippen LogP contribution in [0.25, 0.3) is 0 Å². The number of ketones is 3. The number of ether oxygens (including phenoxy) is 2. The lowest BCUT2D eigenvalue weighted by Crippen LogP contribution is -2.40. The molecule has 192 valence electrons. The first-order valence-corrected chi connectivity index (χ1v) is 11.6. The molecule has 1 aliphatic carbocycles. The maximum absolute atomic E-state index is 13.9. The van der Waals surface area contributed by atoms with Crippen LogP contribution in [0.5, 0.6) is 17.2 Å². The van der Waals surface area contributed by atoms with E-state index in [2.05, 4.69) is 10.1 Å². The fourth-order valence-corrected chi connectivity index (χ4v) is 4.74. The summed E-state index contributed by atoms with van der Waals surface area (Å²) in [5.41, 5.74) is 0.0563. The number of benzene rings is 2. The van der Waals surface area contributed by atoms with Gasteiger partial charge in [0.05, 0.1) is 18.2 Å². The molecule has 1 heterocycles. The van der Waals surface area contributed by atoms with Crippen LogP contribution in [0.3, 0.4) is 0 Å². The summed E-state index contributed by atoms with van der Waals surface area (Å²) in [5.74, 6) is -2.97. The summed E-state index contributed by atoms with van der Waals surface area (Å²) in [4.78, 5) is 50.6. The van der Waals surface area contributed by atoms with Gasteiger partial charge in [0.25, 0.3) is 0 Å². The molecule has 0 amide bonds. The second-order valence-electron chi connectivity index (χ2n) is 9.28. The standard InChI is InChI=1S/C28H27NO8/c1-13-24(33)22(15(3)30)26-23(25(13)34)28(4)19(37-26)12-18(31)21(27(28)35)14(2)29-17-9-6-16(7-10-17)8-11-20(32)36-5/h6-7,9-10,12,29,33-34H,8,11H2,1-5H3/b21-14+/t28-/m0/s1. The Morgan fingerprint density at radius 1 is 1.08 bits per heavy atom. The monoisotopic (exact) mass is 505 g/mol. The minimum Gasteiger partial charge on any atom is -0.507 e. The number of carbonyl (C=O) groups is 4. The Labute approximate surface area is 213 Å². The Balaban J connectivity index is 1.72. The van der Waals surface area contributed by atoms with Crippen molar-refractivity contribution in [1.29, 1.82) is 0 Å². The summed E-state index contributed by atoms with van der Waals surface area (Å²) in [6.07, 6.45) is 1.94. The zero-order valence-electron chi connectivity index (χ0n) is 21.1. The summed E-state index contributed by atoms with van der Waals surface area (Å²) in [7, 11) is 1.34. The number of phenolic OH excluding ortho intramolecular Hbond substituents is 2. The molecule has 0 aromatic heterocycles. The molecule has 0 unspecified atom stereocenters.